The number of aliphatic hydroxyl groups is 1. The number of aromatic nitrogens is 2. The summed E-state index contributed by atoms with van der Waals surface area (Å²) in [5.74, 6) is 0.538. The molecular formula is C19H25N3O4. The minimum atomic E-state index is -0.543. The molecule has 1 aromatic carbocycles. The predicted octanol–water partition coefficient (Wildman–Crippen LogP) is 3.21. The van der Waals surface area contributed by atoms with Crippen LogP contribution in [0.25, 0.3) is 0 Å². The fourth-order valence-electron chi connectivity index (χ4n) is 2.84. The van der Waals surface area contributed by atoms with E-state index in [4.69, 9.17) is 9.47 Å². The Hall–Kier alpha value is -2.38. The zero-order valence-corrected chi connectivity index (χ0v) is 15.3. The average Bonchev–Trinajstić information content (AvgIpc) is 3.20. The first-order chi connectivity index (χ1) is 12.3. The van der Waals surface area contributed by atoms with Crippen LogP contribution in [0.2, 0.25) is 0 Å². The molecule has 0 radical (unpaired) electrons. The van der Waals surface area contributed by atoms with E-state index in [1.54, 1.807) is 10.7 Å². The second kappa shape index (κ2) is 7.47. The third-order valence-electron chi connectivity index (χ3n) is 4.11. The van der Waals surface area contributed by atoms with Gasteiger partial charge in [0.2, 0.25) is 0 Å². The van der Waals surface area contributed by atoms with Crippen LogP contribution < -0.4 is 5.32 Å². The molecule has 1 saturated heterocycles. The van der Waals surface area contributed by atoms with Gasteiger partial charge in [-0.3, -0.25) is 5.32 Å². The first-order valence-electron chi connectivity index (χ1n) is 8.71. The first kappa shape index (κ1) is 18.4. The number of nitrogens with one attached hydrogen (secondary N) is 1. The van der Waals surface area contributed by atoms with Gasteiger partial charge < -0.3 is 14.6 Å². The van der Waals surface area contributed by atoms with Gasteiger partial charge in [-0.15, -0.1) is 0 Å². The summed E-state index contributed by atoms with van der Waals surface area (Å²) in [6.07, 6.45) is -0.793. The van der Waals surface area contributed by atoms with Crippen molar-refractivity contribution in [3.8, 4) is 0 Å². The first-order valence-corrected chi connectivity index (χ1v) is 8.71. The van der Waals surface area contributed by atoms with Gasteiger partial charge in [0, 0.05) is 12.5 Å². The topological polar surface area (TPSA) is 85.6 Å². The summed E-state index contributed by atoms with van der Waals surface area (Å²) in [6.45, 7) is 6.48. The second-order valence-electron chi connectivity index (χ2n) is 7.44. The van der Waals surface area contributed by atoms with Crippen molar-refractivity contribution in [2.24, 2.45) is 0 Å². The lowest BCUT2D eigenvalue weighted by Gasteiger charge is -2.22. The molecular weight excluding hydrogens is 334 g/mol. The van der Waals surface area contributed by atoms with Crippen LogP contribution in [0.15, 0.2) is 36.4 Å². The zero-order valence-electron chi connectivity index (χ0n) is 15.3. The number of amides is 1. The second-order valence-corrected chi connectivity index (χ2v) is 7.44. The number of benzene rings is 1. The van der Waals surface area contributed by atoms with E-state index in [0.29, 0.717) is 24.5 Å². The van der Waals surface area contributed by atoms with Gasteiger partial charge in [-0.05, 0) is 26.3 Å². The Balaban J connectivity index is 1.71. The molecule has 1 fully saturated rings. The highest BCUT2D eigenvalue weighted by molar-refractivity contribution is 5.83. The maximum atomic E-state index is 12.2. The Labute approximate surface area is 152 Å². The van der Waals surface area contributed by atoms with Crippen molar-refractivity contribution in [1.29, 1.82) is 0 Å². The van der Waals surface area contributed by atoms with Crippen LogP contribution in [-0.4, -0.2) is 33.7 Å². The number of rotatable bonds is 4. The van der Waals surface area contributed by atoms with Crippen LogP contribution in [-0.2, 0) is 21.6 Å². The van der Waals surface area contributed by atoms with Gasteiger partial charge in [0.1, 0.15) is 18.5 Å². The number of ether oxygens (including phenoxy) is 2. The Morgan fingerprint density at radius 3 is 2.73 bits per heavy atom. The number of carbonyl (C=O) groups is 1. The summed E-state index contributed by atoms with van der Waals surface area (Å²) < 4.78 is 12.6. The molecule has 0 saturated carbocycles. The number of aliphatic hydroxyl groups excluding tert-OH is 1. The van der Waals surface area contributed by atoms with Crippen molar-refractivity contribution >= 4 is 11.9 Å². The molecule has 7 nitrogen and oxygen atoms in total. The maximum absolute atomic E-state index is 12.2. The summed E-state index contributed by atoms with van der Waals surface area (Å²) in [6, 6.07) is 11.3. The lowest BCUT2D eigenvalue weighted by molar-refractivity contribution is 0.0860. The number of nitrogens with zero attached hydrogens (tertiary/aromatic N) is 2. The van der Waals surface area contributed by atoms with Gasteiger partial charge >= 0.3 is 6.09 Å². The zero-order chi connectivity index (χ0) is 18.7. The van der Waals surface area contributed by atoms with E-state index in [0.717, 1.165) is 5.56 Å². The molecule has 1 aromatic heterocycles. The summed E-state index contributed by atoms with van der Waals surface area (Å²) in [5.41, 5.74) is 1.27. The quantitative estimate of drug-likeness (QED) is 0.875. The van der Waals surface area contributed by atoms with Crippen molar-refractivity contribution in [2.75, 3.05) is 11.9 Å². The molecule has 0 bridgehead atoms. The van der Waals surface area contributed by atoms with Gasteiger partial charge in [0.25, 0.3) is 0 Å². The van der Waals surface area contributed by atoms with E-state index >= 15 is 0 Å². The molecule has 26 heavy (non-hydrogen) atoms. The number of hydrogen-bond acceptors (Lipinski definition) is 5. The summed E-state index contributed by atoms with van der Waals surface area (Å²) in [5, 5.41) is 17.0. The molecule has 0 unspecified atom stereocenters. The molecule has 3 rings (SSSR count). The lowest BCUT2D eigenvalue weighted by Crippen LogP contribution is -2.27. The number of anilines is 1. The maximum Gasteiger partial charge on any atom is 0.413 e. The van der Waals surface area contributed by atoms with Crippen LogP contribution in [0, 0.1) is 0 Å². The molecule has 1 amide bonds. The standard InChI is InChI=1S/C19H25N3O4/c1-19(2,3)22-17(10-15(21-22)16-9-14(23)12-25-16)20-18(24)26-11-13-7-5-4-6-8-13/h4-8,10,14,16,23H,9,11-12H2,1-3H3,(H,20,24)/t14-,16-/m0/s1. The van der Waals surface area contributed by atoms with Crippen molar-refractivity contribution in [3.05, 3.63) is 47.7 Å². The molecule has 1 aliphatic heterocycles. The van der Waals surface area contributed by atoms with Gasteiger partial charge in [0.05, 0.1) is 23.9 Å². The molecule has 2 N–H and O–H groups in total. The summed E-state index contributed by atoms with van der Waals surface area (Å²) in [7, 11) is 0. The molecule has 1 aliphatic rings. The normalized spacial score (nSPS) is 20.2. The Kier molecular flexibility index (Phi) is 5.29. The van der Waals surface area contributed by atoms with Gasteiger partial charge in [0.15, 0.2) is 0 Å². The van der Waals surface area contributed by atoms with Crippen LogP contribution >= 0.6 is 0 Å². The lowest BCUT2D eigenvalue weighted by atomic mass is 10.1. The van der Waals surface area contributed by atoms with Crippen LogP contribution in [0.5, 0.6) is 0 Å². The average molecular weight is 359 g/mol. The monoisotopic (exact) mass is 359 g/mol. The third kappa shape index (κ3) is 4.42. The Bertz CT molecular complexity index is 752. The van der Waals surface area contributed by atoms with E-state index in [-0.39, 0.29) is 18.2 Å². The minimum absolute atomic E-state index is 0.196. The Morgan fingerprint density at radius 2 is 2.12 bits per heavy atom. The number of carbonyl (C=O) groups excluding carboxylic acids is 1. The molecule has 2 atom stereocenters. The molecule has 7 heteroatoms. The van der Waals surface area contributed by atoms with Gasteiger partial charge in [-0.25, -0.2) is 9.48 Å². The van der Waals surface area contributed by atoms with Gasteiger partial charge in [-0.2, -0.15) is 5.10 Å². The highest BCUT2D eigenvalue weighted by atomic mass is 16.5. The van der Waals surface area contributed by atoms with Crippen molar-refractivity contribution in [3.63, 3.8) is 0 Å². The minimum Gasteiger partial charge on any atom is -0.444 e. The van der Waals surface area contributed by atoms with E-state index < -0.39 is 12.2 Å². The smallest absolute Gasteiger partial charge is 0.413 e. The highest BCUT2D eigenvalue weighted by Gasteiger charge is 2.30. The van der Waals surface area contributed by atoms with E-state index in [1.165, 1.54) is 0 Å². The summed E-state index contributed by atoms with van der Waals surface area (Å²) >= 11 is 0. The van der Waals surface area contributed by atoms with Crippen LogP contribution in [0.3, 0.4) is 0 Å². The molecule has 140 valence electrons. The van der Waals surface area contributed by atoms with Crippen molar-refractivity contribution < 1.29 is 19.4 Å². The largest absolute Gasteiger partial charge is 0.444 e. The Morgan fingerprint density at radius 1 is 1.38 bits per heavy atom. The van der Waals surface area contributed by atoms with E-state index in [2.05, 4.69) is 10.4 Å². The van der Waals surface area contributed by atoms with Crippen molar-refractivity contribution in [1.82, 2.24) is 9.78 Å². The molecule has 2 aromatic rings. The number of hydrogen-bond donors (Lipinski definition) is 2. The molecule has 2 heterocycles. The fourth-order valence-corrected chi connectivity index (χ4v) is 2.84. The van der Waals surface area contributed by atoms with Crippen LogP contribution in [0.4, 0.5) is 10.6 Å². The molecule has 0 aliphatic carbocycles. The van der Waals surface area contributed by atoms with E-state index in [1.807, 2.05) is 51.1 Å². The molecule has 0 spiro atoms. The van der Waals surface area contributed by atoms with E-state index in [9.17, 15) is 9.90 Å². The fraction of sp³-hybridized carbons (Fsp3) is 0.474. The summed E-state index contributed by atoms with van der Waals surface area (Å²) in [4.78, 5) is 12.2. The van der Waals surface area contributed by atoms with Gasteiger partial charge in [-0.1, -0.05) is 30.3 Å². The predicted molar refractivity (Wildman–Crippen MR) is 96.8 cm³/mol. The van der Waals surface area contributed by atoms with Crippen LogP contribution in [0.1, 0.15) is 44.6 Å². The van der Waals surface area contributed by atoms with Crippen molar-refractivity contribution in [2.45, 2.75) is 51.5 Å². The highest BCUT2D eigenvalue weighted by Crippen LogP contribution is 2.31. The third-order valence-corrected chi connectivity index (χ3v) is 4.11. The SMILES string of the molecule is CC(C)(C)n1nc([C@@H]2C[C@H](O)CO2)cc1NC(=O)OCc1ccccc1.